The first-order chi connectivity index (χ1) is 17.7. The summed E-state index contributed by atoms with van der Waals surface area (Å²) in [5.41, 5.74) is 13.2. The monoisotopic (exact) mass is 505 g/mol. The van der Waals surface area contributed by atoms with Gasteiger partial charge in [-0.3, -0.25) is 0 Å². The summed E-state index contributed by atoms with van der Waals surface area (Å²) in [4.78, 5) is 6.80. The van der Waals surface area contributed by atoms with Gasteiger partial charge in [0, 0.05) is 42.4 Å². The standard InChI is InChI=1S/C26H31N7O4/c1-26(2,34)16-36-20-10-21(25-18(11-27)13-31-33(25)15-20)17-4-7-24(30-12-17)32-9-8-19(14-32)37-23(29)6-5-22(28)35-3/h4-7,10,12-13,15,19,34H,8-9,14,16,28-29H2,1-3H3/b22-5+,23-6+. The third-order valence-electron chi connectivity index (χ3n) is 5.78. The molecule has 1 saturated heterocycles. The van der Waals surface area contributed by atoms with Gasteiger partial charge in [0.1, 0.15) is 30.3 Å². The summed E-state index contributed by atoms with van der Waals surface area (Å²) in [6.07, 6.45) is 8.80. The first-order valence-electron chi connectivity index (χ1n) is 11.8. The Morgan fingerprint density at radius 1 is 1.27 bits per heavy atom. The minimum absolute atomic E-state index is 0.0795. The smallest absolute Gasteiger partial charge is 0.184 e. The van der Waals surface area contributed by atoms with Gasteiger partial charge in [0.15, 0.2) is 11.8 Å². The summed E-state index contributed by atoms with van der Waals surface area (Å²) in [6, 6.07) is 7.91. The second-order valence-corrected chi connectivity index (χ2v) is 9.38. The quantitative estimate of drug-likeness (QED) is 0.291. The number of nitrogens with two attached hydrogens (primary N) is 2. The molecular formula is C26H31N7O4. The lowest BCUT2D eigenvalue weighted by Gasteiger charge is -2.19. The number of methoxy groups -OCH3 is 1. The molecule has 0 aliphatic carbocycles. The lowest BCUT2D eigenvalue weighted by molar-refractivity contribution is 0.0283. The van der Waals surface area contributed by atoms with Crippen molar-refractivity contribution < 1.29 is 19.3 Å². The highest BCUT2D eigenvalue weighted by molar-refractivity contribution is 5.85. The van der Waals surface area contributed by atoms with Crippen molar-refractivity contribution in [2.45, 2.75) is 32.0 Å². The number of nitriles is 1. The van der Waals surface area contributed by atoms with Gasteiger partial charge in [-0.05, 0) is 32.0 Å². The summed E-state index contributed by atoms with van der Waals surface area (Å²) < 4.78 is 18.1. The molecule has 1 atom stereocenters. The van der Waals surface area contributed by atoms with E-state index in [1.165, 1.54) is 13.3 Å². The van der Waals surface area contributed by atoms with Gasteiger partial charge in [0.2, 0.25) is 0 Å². The minimum atomic E-state index is -0.994. The molecule has 3 aromatic rings. The number of ether oxygens (including phenoxy) is 3. The van der Waals surface area contributed by atoms with E-state index in [-0.39, 0.29) is 24.5 Å². The third-order valence-corrected chi connectivity index (χ3v) is 5.78. The van der Waals surface area contributed by atoms with Crippen LogP contribution in [-0.4, -0.2) is 58.2 Å². The Balaban J connectivity index is 1.53. The second-order valence-electron chi connectivity index (χ2n) is 9.38. The molecule has 0 bridgehead atoms. The molecule has 0 radical (unpaired) electrons. The lowest BCUT2D eigenvalue weighted by atomic mass is 10.1. The van der Waals surface area contributed by atoms with Gasteiger partial charge in [-0.1, -0.05) is 0 Å². The highest BCUT2D eigenvalue weighted by Gasteiger charge is 2.25. The van der Waals surface area contributed by atoms with Gasteiger partial charge in [0.05, 0.1) is 42.7 Å². The molecule has 1 aliphatic heterocycles. The summed E-state index contributed by atoms with van der Waals surface area (Å²) in [5.74, 6) is 1.84. The van der Waals surface area contributed by atoms with Crippen LogP contribution < -0.4 is 21.1 Å². The molecule has 1 unspecified atom stereocenters. The molecule has 0 amide bonds. The molecule has 4 heterocycles. The number of hydrogen-bond acceptors (Lipinski definition) is 10. The molecule has 5 N–H and O–H groups in total. The maximum Gasteiger partial charge on any atom is 0.184 e. The molecule has 1 fully saturated rings. The van der Waals surface area contributed by atoms with Crippen LogP contribution in [0.4, 0.5) is 5.82 Å². The first kappa shape index (κ1) is 25.7. The Hall–Kier alpha value is -4.43. The van der Waals surface area contributed by atoms with Crippen molar-refractivity contribution >= 4 is 11.3 Å². The van der Waals surface area contributed by atoms with Crippen LogP contribution in [0.15, 0.2) is 60.7 Å². The van der Waals surface area contributed by atoms with E-state index in [4.69, 9.17) is 25.7 Å². The Morgan fingerprint density at radius 2 is 2.05 bits per heavy atom. The van der Waals surface area contributed by atoms with Crippen LogP contribution in [0, 0.1) is 11.3 Å². The van der Waals surface area contributed by atoms with Crippen LogP contribution in [-0.2, 0) is 9.47 Å². The fourth-order valence-electron chi connectivity index (χ4n) is 3.97. The van der Waals surface area contributed by atoms with Crippen molar-refractivity contribution in [2.75, 3.05) is 31.7 Å². The molecule has 37 heavy (non-hydrogen) atoms. The number of allylic oxidation sites excluding steroid dienone is 2. The highest BCUT2D eigenvalue weighted by atomic mass is 16.5. The number of pyridine rings is 2. The number of anilines is 1. The van der Waals surface area contributed by atoms with Crippen molar-refractivity contribution in [3.63, 3.8) is 0 Å². The fourth-order valence-corrected chi connectivity index (χ4v) is 3.97. The summed E-state index contributed by atoms with van der Waals surface area (Å²) >= 11 is 0. The summed E-state index contributed by atoms with van der Waals surface area (Å²) in [6.45, 7) is 4.85. The number of nitrogens with zero attached hydrogens (tertiary/aromatic N) is 5. The second kappa shape index (κ2) is 10.7. The van der Waals surface area contributed by atoms with Crippen LogP contribution in [0.2, 0.25) is 0 Å². The molecule has 0 spiro atoms. The molecule has 11 heteroatoms. The predicted molar refractivity (Wildman–Crippen MR) is 138 cm³/mol. The van der Waals surface area contributed by atoms with Gasteiger partial charge in [0.25, 0.3) is 0 Å². The van der Waals surface area contributed by atoms with E-state index in [1.54, 1.807) is 42.9 Å². The van der Waals surface area contributed by atoms with Crippen LogP contribution >= 0.6 is 0 Å². The van der Waals surface area contributed by atoms with Crippen LogP contribution in [0.1, 0.15) is 25.8 Å². The number of aromatic nitrogens is 3. The van der Waals surface area contributed by atoms with Crippen LogP contribution in [0.3, 0.4) is 0 Å². The zero-order chi connectivity index (χ0) is 26.6. The molecule has 4 rings (SSSR count). The van der Waals surface area contributed by atoms with Crippen molar-refractivity contribution in [3.8, 4) is 22.9 Å². The number of rotatable bonds is 9. The van der Waals surface area contributed by atoms with E-state index >= 15 is 0 Å². The van der Waals surface area contributed by atoms with Gasteiger partial charge < -0.3 is 35.7 Å². The number of fused-ring (bicyclic) bond motifs is 1. The summed E-state index contributed by atoms with van der Waals surface area (Å²) in [5, 5.41) is 23.9. The molecule has 1 aliphatic rings. The van der Waals surface area contributed by atoms with Crippen molar-refractivity contribution in [1.29, 1.82) is 5.26 Å². The molecule has 194 valence electrons. The van der Waals surface area contributed by atoms with E-state index < -0.39 is 5.60 Å². The van der Waals surface area contributed by atoms with Crippen molar-refractivity contribution in [1.82, 2.24) is 14.6 Å². The van der Waals surface area contributed by atoms with Crippen molar-refractivity contribution in [2.24, 2.45) is 11.5 Å². The third kappa shape index (κ3) is 6.23. The van der Waals surface area contributed by atoms with E-state index in [9.17, 15) is 10.4 Å². The average Bonchev–Trinajstić information content (AvgIpc) is 3.52. The SMILES string of the molecule is CO/C(N)=C/C=C(\N)OC1CCN(c2ccc(-c3cc(OCC(C)(C)O)cn4ncc(C#N)c34)cn2)C1. The largest absolute Gasteiger partial charge is 0.489 e. The highest BCUT2D eigenvalue weighted by Crippen LogP contribution is 2.32. The Morgan fingerprint density at radius 3 is 2.73 bits per heavy atom. The zero-order valence-corrected chi connectivity index (χ0v) is 21.1. The first-order valence-corrected chi connectivity index (χ1v) is 11.8. The Labute approximate surface area is 215 Å². The van der Waals surface area contributed by atoms with E-state index in [0.717, 1.165) is 29.9 Å². The minimum Gasteiger partial charge on any atom is -0.489 e. The lowest BCUT2D eigenvalue weighted by Crippen LogP contribution is -2.27. The average molecular weight is 506 g/mol. The van der Waals surface area contributed by atoms with Gasteiger partial charge in [-0.15, -0.1) is 0 Å². The van der Waals surface area contributed by atoms with E-state index in [1.807, 2.05) is 18.2 Å². The summed E-state index contributed by atoms with van der Waals surface area (Å²) in [7, 11) is 1.48. The maximum atomic E-state index is 10.0. The van der Waals surface area contributed by atoms with E-state index in [0.29, 0.717) is 23.4 Å². The molecule has 11 nitrogen and oxygen atoms in total. The van der Waals surface area contributed by atoms with Crippen LogP contribution in [0.5, 0.6) is 5.75 Å². The molecule has 3 aromatic heterocycles. The number of hydrogen-bond donors (Lipinski definition) is 3. The molecule has 0 saturated carbocycles. The topological polar surface area (TPSA) is 157 Å². The Bertz CT molecular complexity index is 1350. The molecule has 0 aromatic carbocycles. The fraction of sp³-hybridized carbons (Fsp3) is 0.346. The predicted octanol–water partition coefficient (Wildman–Crippen LogP) is 2.26. The van der Waals surface area contributed by atoms with Crippen molar-refractivity contribution in [3.05, 3.63) is 66.3 Å². The van der Waals surface area contributed by atoms with Gasteiger partial charge >= 0.3 is 0 Å². The van der Waals surface area contributed by atoms with E-state index in [2.05, 4.69) is 21.1 Å². The maximum absolute atomic E-state index is 10.0. The molecular weight excluding hydrogens is 474 g/mol. The van der Waals surface area contributed by atoms with Crippen LogP contribution in [0.25, 0.3) is 16.6 Å². The van der Waals surface area contributed by atoms with Gasteiger partial charge in [-0.25, -0.2) is 9.50 Å². The Kier molecular flexibility index (Phi) is 7.40. The normalized spacial score (nSPS) is 16.6. The zero-order valence-electron chi connectivity index (χ0n) is 21.1. The number of aliphatic hydroxyl groups is 1. The van der Waals surface area contributed by atoms with Gasteiger partial charge in [-0.2, -0.15) is 10.4 Å².